The van der Waals surface area contributed by atoms with Crippen molar-refractivity contribution in [2.45, 2.75) is 62.2 Å². The standard InChI is InChI=1S/C22H21ClF3N5O2S/c1-13(22(24,25)26)30-34(32,33)16-11-28-21(29-12-16)20-18(10-27)17-8-7-14(23)9-19(17)31(20)15-5-3-2-4-6-15/h7-9,11-13,15,30H,2-6H2,1H3/t13-/m0/s1. The van der Waals surface area contributed by atoms with Crippen molar-refractivity contribution < 1.29 is 21.6 Å². The highest BCUT2D eigenvalue weighted by molar-refractivity contribution is 7.89. The van der Waals surface area contributed by atoms with Gasteiger partial charge in [-0.1, -0.05) is 30.9 Å². The summed E-state index contributed by atoms with van der Waals surface area (Å²) in [6.07, 6.45) is 2.09. The summed E-state index contributed by atoms with van der Waals surface area (Å²) in [6.45, 7) is 0.708. The number of nitrogens with one attached hydrogen (secondary N) is 1. The van der Waals surface area contributed by atoms with Gasteiger partial charge in [0, 0.05) is 16.5 Å². The number of halogens is 4. The highest BCUT2D eigenvalue weighted by atomic mass is 35.5. The first-order valence-electron chi connectivity index (χ1n) is 10.7. The third-order valence-electron chi connectivity index (χ3n) is 5.99. The molecule has 0 spiro atoms. The fourth-order valence-corrected chi connectivity index (χ4v) is 5.56. The molecule has 0 bridgehead atoms. The van der Waals surface area contributed by atoms with Crippen molar-refractivity contribution in [1.29, 1.82) is 5.26 Å². The zero-order valence-corrected chi connectivity index (χ0v) is 19.7. The van der Waals surface area contributed by atoms with Crippen molar-refractivity contribution in [2.24, 2.45) is 0 Å². The number of alkyl halides is 3. The van der Waals surface area contributed by atoms with E-state index >= 15 is 0 Å². The van der Waals surface area contributed by atoms with Crippen LogP contribution in [0.5, 0.6) is 0 Å². The average Bonchev–Trinajstić information content (AvgIpc) is 3.12. The van der Waals surface area contributed by atoms with Gasteiger partial charge in [-0.05, 0) is 38.0 Å². The third kappa shape index (κ3) is 4.62. The van der Waals surface area contributed by atoms with Crippen molar-refractivity contribution in [3.63, 3.8) is 0 Å². The Morgan fingerprint density at radius 3 is 2.44 bits per heavy atom. The Labute approximate surface area is 199 Å². The van der Waals surface area contributed by atoms with Crippen LogP contribution in [0.4, 0.5) is 13.2 Å². The molecule has 1 saturated carbocycles. The number of hydrogen-bond acceptors (Lipinski definition) is 5. The predicted molar refractivity (Wildman–Crippen MR) is 121 cm³/mol. The van der Waals surface area contributed by atoms with E-state index in [4.69, 9.17) is 11.6 Å². The Morgan fingerprint density at radius 1 is 1.21 bits per heavy atom. The monoisotopic (exact) mass is 511 g/mol. The summed E-state index contributed by atoms with van der Waals surface area (Å²) < 4.78 is 66.8. The van der Waals surface area contributed by atoms with Crippen LogP contribution < -0.4 is 4.72 Å². The van der Waals surface area contributed by atoms with E-state index in [2.05, 4.69) is 16.0 Å². The minimum atomic E-state index is -4.74. The lowest BCUT2D eigenvalue weighted by atomic mass is 9.95. The molecule has 1 N–H and O–H groups in total. The van der Waals surface area contributed by atoms with Crippen LogP contribution in [0.1, 0.15) is 50.6 Å². The Balaban J connectivity index is 1.82. The van der Waals surface area contributed by atoms with Gasteiger partial charge in [-0.25, -0.2) is 18.4 Å². The Hall–Kier alpha value is -2.68. The highest BCUT2D eigenvalue weighted by Gasteiger charge is 2.39. The van der Waals surface area contributed by atoms with Crippen LogP contribution in [0.2, 0.25) is 5.02 Å². The first-order chi connectivity index (χ1) is 16.0. The van der Waals surface area contributed by atoms with Crippen LogP contribution >= 0.6 is 11.6 Å². The van der Waals surface area contributed by atoms with Gasteiger partial charge >= 0.3 is 6.18 Å². The molecule has 34 heavy (non-hydrogen) atoms. The smallest absolute Gasteiger partial charge is 0.334 e. The first-order valence-corrected chi connectivity index (χ1v) is 12.5. The number of benzene rings is 1. The second-order valence-electron chi connectivity index (χ2n) is 8.29. The normalized spacial score (nSPS) is 16.5. The number of nitrogens with zero attached hydrogens (tertiary/aromatic N) is 4. The molecule has 7 nitrogen and oxygen atoms in total. The maximum absolute atomic E-state index is 12.8. The topological polar surface area (TPSA) is 101 Å². The van der Waals surface area contributed by atoms with Crippen molar-refractivity contribution in [3.05, 3.63) is 41.2 Å². The maximum Gasteiger partial charge on any atom is 0.404 e. The van der Waals surface area contributed by atoms with E-state index in [1.54, 1.807) is 22.9 Å². The van der Waals surface area contributed by atoms with Gasteiger partial charge in [-0.15, -0.1) is 0 Å². The van der Waals surface area contributed by atoms with Crippen molar-refractivity contribution in [1.82, 2.24) is 19.3 Å². The van der Waals surface area contributed by atoms with Gasteiger partial charge in [0.05, 0.1) is 23.5 Å². The molecule has 2 aromatic heterocycles. The SMILES string of the molecule is C[C@H](NS(=O)(=O)c1cnc(-c2c(C#N)c3ccc(Cl)cc3n2C2CCCCC2)nc1)C(F)(F)F. The molecular weight excluding hydrogens is 491 g/mol. The number of aromatic nitrogens is 3. The van der Waals surface area contributed by atoms with E-state index in [0.717, 1.165) is 50.0 Å². The van der Waals surface area contributed by atoms with Crippen LogP contribution in [0.15, 0.2) is 35.5 Å². The molecule has 0 saturated heterocycles. The molecular formula is C22H21ClF3N5O2S. The van der Waals surface area contributed by atoms with Gasteiger partial charge in [0.1, 0.15) is 22.7 Å². The molecule has 180 valence electrons. The van der Waals surface area contributed by atoms with Gasteiger partial charge in [0.2, 0.25) is 10.0 Å². The summed E-state index contributed by atoms with van der Waals surface area (Å²) in [5.41, 5.74) is 1.52. The van der Waals surface area contributed by atoms with Crippen LogP contribution in [-0.2, 0) is 10.0 Å². The highest BCUT2D eigenvalue weighted by Crippen LogP contribution is 2.40. The molecule has 1 aliphatic carbocycles. The second-order valence-corrected chi connectivity index (χ2v) is 10.4. The minimum absolute atomic E-state index is 0.0770. The summed E-state index contributed by atoms with van der Waals surface area (Å²) >= 11 is 6.24. The predicted octanol–water partition coefficient (Wildman–Crippen LogP) is 5.36. The molecule has 1 aromatic carbocycles. The van der Waals surface area contributed by atoms with E-state index in [9.17, 15) is 26.9 Å². The number of rotatable bonds is 5. The molecule has 0 radical (unpaired) electrons. The van der Waals surface area contributed by atoms with Gasteiger partial charge in [-0.3, -0.25) is 0 Å². The molecule has 12 heteroatoms. The van der Waals surface area contributed by atoms with Gasteiger partial charge in [-0.2, -0.15) is 23.2 Å². The zero-order chi connectivity index (χ0) is 24.7. The molecule has 1 fully saturated rings. The molecule has 0 unspecified atom stereocenters. The molecule has 0 amide bonds. The molecule has 4 rings (SSSR count). The van der Waals surface area contributed by atoms with Crippen LogP contribution in [0.3, 0.4) is 0 Å². The van der Waals surface area contributed by atoms with Gasteiger partial charge in [0.15, 0.2) is 5.82 Å². The van der Waals surface area contributed by atoms with Crippen LogP contribution in [0, 0.1) is 11.3 Å². The van der Waals surface area contributed by atoms with Crippen LogP contribution in [-0.4, -0.2) is 35.2 Å². The Kier molecular flexibility index (Phi) is 6.59. The molecule has 1 atom stereocenters. The lowest BCUT2D eigenvalue weighted by Crippen LogP contribution is -2.43. The number of sulfonamides is 1. The summed E-state index contributed by atoms with van der Waals surface area (Å²) in [6, 6.07) is 5.21. The average molecular weight is 512 g/mol. The Morgan fingerprint density at radius 2 is 1.85 bits per heavy atom. The number of nitriles is 1. The number of hydrogen-bond donors (Lipinski definition) is 1. The largest absolute Gasteiger partial charge is 0.404 e. The van der Waals surface area contributed by atoms with Crippen molar-refractivity contribution >= 4 is 32.5 Å². The van der Waals surface area contributed by atoms with E-state index in [1.807, 2.05) is 4.57 Å². The summed E-state index contributed by atoms with van der Waals surface area (Å²) in [7, 11) is -4.50. The number of fused-ring (bicyclic) bond motifs is 1. The molecule has 1 aliphatic rings. The summed E-state index contributed by atoms with van der Waals surface area (Å²) in [5.74, 6) is 0.109. The quantitative estimate of drug-likeness (QED) is 0.497. The van der Waals surface area contributed by atoms with E-state index < -0.39 is 27.1 Å². The fourth-order valence-electron chi connectivity index (χ4n) is 4.28. The lowest BCUT2D eigenvalue weighted by Gasteiger charge is -2.26. The van der Waals surface area contributed by atoms with E-state index in [0.29, 0.717) is 28.6 Å². The lowest BCUT2D eigenvalue weighted by molar-refractivity contribution is -0.147. The summed E-state index contributed by atoms with van der Waals surface area (Å²) in [4.78, 5) is 7.79. The third-order valence-corrected chi connectivity index (χ3v) is 7.72. The molecule has 3 aromatic rings. The van der Waals surface area contributed by atoms with E-state index in [-0.39, 0.29) is 11.9 Å². The minimum Gasteiger partial charge on any atom is -0.334 e. The second kappa shape index (κ2) is 9.17. The Bertz CT molecular complexity index is 1360. The summed E-state index contributed by atoms with van der Waals surface area (Å²) in [5, 5.41) is 11.1. The fraction of sp³-hybridized carbons (Fsp3) is 0.409. The zero-order valence-electron chi connectivity index (χ0n) is 18.1. The van der Waals surface area contributed by atoms with Gasteiger partial charge in [0.25, 0.3) is 0 Å². The molecule has 2 heterocycles. The van der Waals surface area contributed by atoms with E-state index in [1.165, 1.54) is 0 Å². The van der Waals surface area contributed by atoms with Crippen molar-refractivity contribution in [3.8, 4) is 17.6 Å². The first kappa shape index (κ1) is 24.4. The van der Waals surface area contributed by atoms with Crippen LogP contribution in [0.25, 0.3) is 22.4 Å². The van der Waals surface area contributed by atoms with Gasteiger partial charge < -0.3 is 4.57 Å². The molecule has 0 aliphatic heterocycles. The van der Waals surface area contributed by atoms with Crippen molar-refractivity contribution in [2.75, 3.05) is 0 Å². The maximum atomic E-state index is 12.8.